The van der Waals surface area contributed by atoms with E-state index in [1.807, 2.05) is 0 Å². The number of carbonyl (C=O) groups is 1. The molecule has 1 aliphatic rings. The first-order chi connectivity index (χ1) is 7.73. The minimum atomic E-state index is -0.0000619. The number of rotatable bonds is 3. The van der Waals surface area contributed by atoms with Crippen molar-refractivity contribution in [1.82, 2.24) is 10.6 Å². The van der Waals surface area contributed by atoms with E-state index >= 15 is 0 Å². The molecule has 1 fully saturated rings. The lowest BCUT2D eigenvalue weighted by Crippen LogP contribution is -2.52. The van der Waals surface area contributed by atoms with Gasteiger partial charge >= 0.3 is 0 Å². The molecule has 2 N–H and O–H groups in total. The molecule has 0 aromatic heterocycles. The van der Waals surface area contributed by atoms with Crippen LogP contribution >= 0.6 is 12.4 Å². The Kier molecular flexibility index (Phi) is 6.66. The van der Waals surface area contributed by atoms with Crippen molar-refractivity contribution in [1.29, 1.82) is 0 Å². The van der Waals surface area contributed by atoms with Gasteiger partial charge in [-0.2, -0.15) is 0 Å². The average Bonchev–Trinajstić information content (AvgIpc) is 2.15. The molecule has 0 aliphatic carbocycles. The Hall–Kier alpha value is -0.280. The van der Waals surface area contributed by atoms with Crippen LogP contribution in [0.1, 0.15) is 53.9 Å². The Bertz CT molecular complexity index is 267. The van der Waals surface area contributed by atoms with E-state index < -0.39 is 0 Å². The maximum Gasteiger partial charge on any atom is 0.220 e. The molecule has 18 heavy (non-hydrogen) atoms. The first-order valence-electron chi connectivity index (χ1n) is 6.75. The summed E-state index contributed by atoms with van der Waals surface area (Å²) in [6, 6.07) is 0. The van der Waals surface area contributed by atoms with Crippen molar-refractivity contribution in [2.75, 3.05) is 13.1 Å². The normalized spacial score (nSPS) is 20.7. The van der Waals surface area contributed by atoms with E-state index in [9.17, 15) is 4.79 Å². The van der Waals surface area contributed by atoms with Crippen LogP contribution in [0.5, 0.6) is 0 Å². The van der Waals surface area contributed by atoms with E-state index in [0.717, 1.165) is 25.9 Å². The largest absolute Gasteiger partial charge is 0.351 e. The van der Waals surface area contributed by atoms with Crippen molar-refractivity contribution < 1.29 is 4.79 Å². The number of piperidine rings is 1. The lowest BCUT2D eigenvalue weighted by molar-refractivity contribution is -0.124. The zero-order valence-electron chi connectivity index (χ0n) is 12.4. The Labute approximate surface area is 118 Å². The van der Waals surface area contributed by atoms with Crippen LogP contribution in [0.15, 0.2) is 0 Å². The Morgan fingerprint density at radius 3 is 2.28 bits per heavy atom. The van der Waals surface area contributed by atoms with Gasteiger partial charge in [-0.05, 0) is 44.2 Å². The Morgan fingerprint density at radius 2 is 1.83 bits per heavy atom. The van der Waals surface area contributed by atoms with Crippen LogP contribution in [0, 0.1) is 11.3 Å². The molecule has 108 valence electrons. The summed E-state index contributed by atoms with van der Waals surface area (Å²) in [6.45, 7) is 12.9. The molecule has 0 radical (unpaired) electrons. The molecule has 1 rings (SSSR count). The monoisotopic (exact) mass is 276 g/mol. The zero-order valence-corrected chi connectivity index (χ0v) is 13.2. The summed E-state index contributed by atoms with van der Waals surface area (Å²) in [6.07, 6.45) is 2.69. The van der Waals surface area contributed by atoms with Gasteiger partial charge < -0.3 is 10.6 Å². The molecule has 0 aromatic carbocycles. The third-order valence-electron chi connectivity index (χ3n) is 4.12. The van der Waals surface area contributed by atoms with Crippen LogP contribution in [0.2, 0.25) is 0 Å². The van der Waals surface area contributed by atoms with Gasteiger partial charge in [-0.3, -0.25) is 4.79 Å². The van der Waals surface area contributed by atoms with Gasteiger partial charge in [0.25, 0.3) is 0 Å². The van der Waals surface area contributed by atoms with E-state index in [-0.39, 0.29) is 29.3 Å². The maximum absolute atomic E-state index is 12.0. The summed E-state index contributed by atoms with van der Waals surface area (Å²) in [7, 11) is 0. The molecule has 3 nitrogen and oxygen atoms in total. The third kappa shape index (κ3) is 5.57. The van der Waals surface area contributed by atoms with Gasteiger partial charge in [-0.1, -0.05) is 27.7 Å². The van der Waals surface area contributed by atoms with Gasteiger partial charge in [-0.15, -0.1) is 12.4 Å². The molecule has 1 amide bonds. The van der Waals surface area contributed by atoms with Crippen molar-refractivity contribution in [3.8, 4) is 0 Å². The number of carbonyl (C=O) groups excluding carboxylic acids is 1. The smallest absolute Gasteiger partial charge is 0.220 e. The summed E-state index contributed by atoms with van der Waals surface area (Å²) in [4.78, 5) is 12.0. The van der Waals surface area contributed by atoms with E-state index in [1.54, 1.807) is 0 Å². The van der Waals surface area contributed by atoms with Crippen LogP contribution in [-0.4, -0.2) is 24.5 Å². The van der Waals surface area contributed by atoms with Crippen molar-refractivity contribution >= 4 is 18.3 Å². The molecular weight excluding hydrogens is 248 g/mol. The van der Waals surface area contributed by atoms with Crippen LogP contribution < -0.4 is 10.6 Å². The predicted molar refractivity (Wildman–Crippen MR) is 79.1 cm³/mol. The molecule has 1 saturated heterocycles. The number of amides is 1. The summed E-state index contributed by atoms with van der Waals surface area (Å²) < 4.78 is 0. The molecule has 1 heterocycles. The zero-order chi connectivity index (χ0) is 13.1. The standard InChI is InChI=1S/C14H28N2O.ClH/c1-11(13(2,3)4)10-12(17)16-14(5)6-8-15-9-7-14;/h11,15H,6-10H2,1-5H3,(H,16,17);1H. The van der Waals surface area contributed by atoms with Gasteiger partial charge in [-0.25, -0.2) is 0 Å². The minimum Gasteiger partial charge on any atom is -0.351 e. The fourth-order valence-corrected chi connectivity index (χ4v) is 2.08. The lowest BCUT2D eigenvalue weighted by atomic mass is 9.79. The van der Waals surface area contributed by atoms with E-state index in [1.165, 1.54) is 0 Å². The molecule has 1 atom stereocenters. The molecule has 1 aliphatic heterocycles. The second-order valence-corrected chi connectivity index (χ2v) is 6.83. The molecular formula is C14H29ClN2O. The van der Waals surface area contributed by atoms with Crippen molar-refractivity contribution in [2.24, 2.45) is 11.3 Å². The van der Waals surface area contributed by atoms with Crippen LogP contribution in [-0.2, 0) is 4.79 Å². The second kappa shape index (κ2) is 6.76. The van der Waals surface area contributed by atoms with Crippen molar-refractivity contribution in [2.45, 2.75) is 59.4 Å². The van der Waals surface area contributed by atoms with Crippen LogP contribution in [0.4, 0.5) is 0 Å². The van der Waals surface area contributed by atoms with E-state index in [2.05, 4.69) is 45.3 Å². The Balaban J connectivity index is 0.00000289. The highest BCUT2D eigenvalue weighted by Crippen LogP contribution is 2.28. The number of hydrogen-bond donors (Lipinski definition) is 2. The number of hydrogen-bond acceptors (Lipinski definition) is 2. The first kappa shape index (κ1) is 17.7. The molecule has 0 aromatic rings. The predicted octanol–water partition coefficient (Wildman–Crippen LogP) is 2.74. The molecule has 0 saturated carbocycles. The maximum atomic E-state index is 12.0. The van der Waals surface area contributed by atoms with Gasteiger partial charge in [0, 0.05) is 12.0 Å². The van der Waals surface area contributed by atoms with Gasteiger partial charge in [0.2, 0.25) is 5.91 Å². The highest BCUT2D eigenvalue weighted by atomic mass is 35.5. The highest BCUT2D eigenvalue weighted by molar-refractivity contribution is 5.85. The van der Waals surface area contributed by atoms with Gasteiger partial charge in [0.05, 0.1) is 0 Å². The summed E-state index contributed by atoms with van der Waals surface area (Å²) in [5, 5.41) is 6.55. The average molecular weight is 277 g/mol. The molecule has 0 bridgehead atoms. The number of halogens is 1. The van der Waals surface area contributed by atoms with E-state index in [0.29, 0.717) is 12.3 Å². The summed E-state index contributed by atoms with van der Waals surface area (Å²) >= 11 is 0. The van der Waals surface area contributed by atoms with Crippen molar-refractivity contribution in [3.63, 3.8) is 0 Å². The van der Waals surface area contributed by atoms with Crippen LogP contribution in [0.25, 0.3) is 0 Å². The second-order valence-electron chi connectivity index (χ2n) is 6.83. The molecule has 1 unspecified atom stereocenters. The van der Waals surface area contributed by atoms with Gasteiger partial charge in [0.15, 0.2) is 0 Å². The van der Waals surface area contributed by atoms with Crippen LogP contribution in [0.3, 0.4) is 0 Å². The third-order valence-corrected chi connectivity index (χ3v) is 4.12. The summed E-state index contributed by atoms with van der Waals surface area (Å²) in [5.74, 6) is 0.615. The SMILES string of the molecule is CC(CC(=O)NC1(C)CCNCC1)C(C)(C)C.Cl. The summed E-state index contributed by atoms with van der Waals surface area (Å²) in [5.41, 5.74) is 0.201. The minimum absolute atomic E-state index is 0. The fraction of sp³-hybridized carbons (Fsp3) is 0.929. The molecule has 0 spiro atoms. The molecule has 4 heteroatoms. The lowest BCUT2D eigenvalue weighted by Gasteiger charge is -2.36. The number of nitrogens with one attached hydrogen (secondary N) is 2. The Morgan fingerprint density at radius 1 is 1.33 bits per heavy atom. The fourth-order valence-electron chi connectivity index (χ4n) is 2.08. The first-order valence-corrected chi connectivity index (χ1v) is 6.75. The van der Waals surface area contributed by atoms with Crippen molar-refractivity contribution in [3.05, 3.63) is 0 Å². The van der Waals surface area contributed by atoms with E-state index in [4.69, 9.17) is 0 Å². The topological polar surface area (TPSA) is 41.1 Å². The quantitative estimate of drug-likeness (QED) is 0.832. The highest BCUT2D eigenvalue weighted by Gasteiger charge is 2.30. The van der Waals surface area contributed by atoms with Gasteiger partial charge in [0.1, 0.15) is 0 Å².